The molecule has 7 nitrogen and oxygen atoms in total. The molecule has 8 heteroatoms. The molecule has 0 saturated carbocycles. The summed E-state index contributed by atoms with van der Waals surface area (Å²) in [4.78, 5) is 28.8. The van der Waals surface area contributed by atoms with E-state index in [0.717, 1.165) is 0 Å². The van der Waals surface area contributed by atoms with E-state index in [0.29, 0.717) is 6.61 Å². The molecule has 2 rings (SSSR count). The molecule has 1 aromatic rings. The van der Waals surface area contributed by atoms with Crippen LogP contribution in [-0.4, -0.2) is 47.5 Å². The fraction of sp³-hybridized carbons (Fsp3) is 0.364. The van der Waals surface area contributed by atoms with Gasteiger partial charge >= 0.3 is 0 Å². The van der Waals surface area contributed by atoms with Crippen molar-refractivity contribution >= 4 is 29.1 Å². The Morgan fingerprint density at radius 3 is 2.95 bits per heavy atom. The van der Waals surface area contributed by atoms with E-state index in [1.165, 1.54) is 17.2 Å². The van der Waals surface area contributed by atoms with Crippen LogP contribution >= 0.6 is 11.6 Å². The summed E-state index contributed by atoms with van der Waals surface area (Å²) >= 11 is 5.75. The van der Waals surface area contributed by atoms with Gasteiger partial charge in [-0.15, -0.1) is 0 Å². The highest BCUT2D eigenvalue weighted by molar-refractivity contribution is 6.29. The van der Waals surface area contributed by atoms with Crippen molar-refractivity contribution in [3.63, 3.8) is 0 Å². The third-order valence-electron chi connectivity index (χ3n) is 2.85. The first kappa shape index (κ1) is 13.6. The van der Waals surface area contributed by atoms with E-state index in [4.69, 9.17) is 27.8 Å². The number of hydrogen-bond donors (Lipinski definition) is 2. The standard InChI is InChI=1S/C11H13ClN4O3/c12-9-3-6(7(13)4-15-9)11(18)16-1-2-19-5-8(16)10(14)17/h3-4,8H,1-2,5,13H2,(H2,14,17). The van der Waals surface area contributed by atoms with Gasteiger partial charge in [-0.1, -0.05) is 11.6 Å². The summed E-state index contributed by atoms with van der Waals surface area (Å²) in [5.41, 5.74) is 11.4. The van der Waals surface area contributed by atoms with E-state index in [2.05, 4.69) is 4.98 Å². The van der Waals surface area contributed by atoms with Gasteiger partial charge in [-0.3, -0.25) is 9.59 Å². The molecule has 1 aliphatic heterocycles. The molecular weight excluding hydrogens is 272 g/mol. The Balaban J connectivity index is 2.31. The number of ether oxygens (including phenoxy) is 1. The Hall–Kier alpha value is -1.86. The van der Waals surface area contributed by atoms with Crippen molar-refractivity contribution in [1.29, 1.82) is 0 Å². The van der Waals surface area contributed by atoms with Gasteiger partial charge in [-0.2, -0.15) is 0 Å². The van der Waals surface area contributed by atoms with Crippen molar-refractivity contribution in [3.8, 4) is 0 Å². The van der Waals surface area contributed by atoms with Gasteiger partial charge in [0.2, 0.25) is 5.91 Å². The van der Waals surface area contributed by atoms with Crippen LogP contribution in [0.5, 0.6) is 0 Å². The quantitative estimate of drug-likeness (QED) is 0.721. The summed E-state index contributed by atoms with van der Waals surface area (Å²) in [6.07, 6.45) is 1.30. The molecular formula is C11H13ClN4O3. The summed E-state index contributed by atoms with van der Waals surface area (Å²) in [7, 11) is 0. The van der Waals surface area contributed by atoms with E-state index < -0.39 is 17.9 Å². The average molecular weight is 285 g/mol. The smallest absolute Gasteiger partial charge is 0.256 e. The fourth-order valence-electron chi connectivity index (χ4n) is 1.86. The predicted molar refractivity (Wildman–Crippen MR) is 68.5 cm³/mol. The second kappa shape index (κ2) is 5.41. The minimum absolute atomic E-state index is 0.0831. The lowest BCUT2D eigenvalue weighted by Gasteiger charge is -2.33. The zero-order valence-corrected chi connectivity index (χ0v) is 10.8. The van der Waals surface area contributed by atoms with Crippen LogP contribution in [0.4, 0.5) is 5.69 Å². The first-order chi connectivity index (χ1) is 9.00. The maximum atomic E-state index is 12.4. The number of nitrogens with two attached hydrogens (primary N) is 2. The zero-order valence-electron chi connectivity index (χ0n) is 10.0. The van der Waals surface area contributed by atoms with E-state index in [1.807, 2.05) is 0 Å². The second-order valence-corrected chi connectivity index (χ2v) is 4.47. The highest BCUT2D eigenvalue weighted by Gasteiger charge is 2.32. The van der Waals surface area contributed by atoms with E-state index in [1.54, 1.807) is 0 Å². The zero-order chi connectivity index (χ0) is 14.0. The monoisotopic (exact) mass is 284 g/mol. The molecule has 1 fully saturated rings. The number of nitrogen functional groups attached to an aromatic ring is 1. The Bertz CT molecular complexity index is 523. The minimum atomic E-state index is -0.799. The number of aromatic nitrogens is 1. The van der Waals surface area contributed by atoms with Crippen molar-refractivity contribution in [2.24, 2.45) is 5.73 Å². The highest BCUT2D eigenvalue weighted by Crippen LogP contribution is 2.19. The van der Waals surface area contributed by atoms with Crippen LogP contribution in [0.25, 0.3) is 0 Å². The summed E-state index contributed by atoms with van der Waals surface area (Å²) < 4.78 is 5.15. The fourth-order valence-corrected chi connectivity index (χ4v) is 2.02. The number of halogens is 1. The molecule has 2 amide bonds. The summed E-state index contributed by atoms with van der Waals surface area (Å²) in [6, 6.07) is 0.569. The molecule has 0 radical (unpaired) electrons. The van der Waals surface area contributed by atoms with Gasteiger partial charge in [0.15, 0.2) is 0 Å². The van der Waals surface area contributed by atoms with Crippen LogP contribution in [-0.2, 0) is 9.53 Å². The van der Waals surface area contributed by atoms with Crippen LogP contribution in [0.15, 0.2) is 12.3 Å². The minimum Gasteiger partial charge on any atom is -0.397 e. The van der Waals surface area contributed by atoms with Crippen LogP contribution < -0.4 is 11.5 Å². The number of primary amides is 1. The van der Waals surface area contributed by atoms with E-state index >= 15 is 0 Å². The van der Waals surface area contributed by atoms with Crippen LogP contribution in [0.1, 0.15) is 10.4 Å². The Kier molecular flexibility index (Phi) is 3.87. The first-order valence-electron chi connectivity index (χ1n) is 5.59. The number of amides is 2. The number of rotatable bonds is 2. The number of anilines is 1. The van der Waals surface area contributed by atoms with Crippen molar-refractivity contribution in [1.82, 2.24) is 9.88 Å². The molecule has 0 bridgehead atoms. The van der Waals surface area contributed by atoms with Gasteiger partial charge in [0.05, 0.1) is 30.7 Å². The molecule has 1 aromatic heterocycles. The Morgan fingerprint density at radius 1 is 1.53 bits per heavy atom. The van der Waals surface area contributed by atoms with Crippen LogP contribution in [0, 0.1) is 0 Å². The first-order valence-corrected chi connectivity index (χ1v) is 5.97. The molecule has 1 unspecified atom stereocenters. The normalized spacial score (nSPS) is 19.2. The lowest BCUT2D eigenvalue weighted by atomic mass is 10.1. The number of carbonyl (C=O) groups excluding carboxylic acids is 2. The van der Waals surface area contributed by atoms with Gasteiger partial charge in [-0.05, 0) is 6.07 Å². The largest absolute Gasteiger partial charge is 0.397 e. The number of morpholine rings is 1. The van der Waals surface area contributed by atoms with Gasteiger partial charge in [0.1, 0.15) is 11.2 Å². The summed E-state index contributed by atoms with van der Waals surface area (Å²) in [5.74, 6) is -1.03. The maximum Gasteiger partial charge on any atom is 0.256 e. The molecule has 19 heavy (non-hydrogen) atoms. The molecule has 1 aliphatic rings. The molecule has 1 saturated heterocycles. The van der Waals surface area contributed by atoms with Crippen molar-refractivity contribution < 1.29 is 14.3 Å². The molecule has 0 aliphatic carbocycles. The number of pyridine rings is 1. The number of carbonyl (C=O) groups is 2. The lowest BCUT2D eigenvalue weighted by molar-refractivity contribution is -0.127. The third kappa shape index (κ3) is 2.77. The topological polar surface area (TPSA) is 112 Å². The summed E-state index contributed by atoms with van der Waals surface area (Å²) in [6.45, 7) is 0.694. The van der Waals surface area contributed by atoms with Crippen molar-refractivity contribution in [2.75, 3.05) is 25.5 Å². The van der Waals surface area contributed by atoms with Crippen LogP contribution in [0.3, 0.4) is 0 Å². The number of nitrogens with zero attached hydrogens (tertiary/aromatic N) is 2. The van der Waals surface area contributed by atoms with Crippen molar-refractivity contribution in [2.45, 2.75) is 6.04 Å². The summed E-state index contributed by atoms with van der Waals surface area (Å²) in [5, 5.41) is 0.154. The molecule has 102 valence electrons. The second-order valence-electron chi connectivity index (χ2n) is 4.09. The van der Waals surface area contributed by atoms with Gasteiger partial charge in [0.25, 0.3) is 5.91 Å². The molecule has 0 aromatic carbocycles. The Labute approximate surface area is 114 Å². The van der Waals surface area contributed by atoms with E-state index in [-0.39, 0.29) is 29.6 Å². The third-order valence-corrected chi connectivity index (χ3v) is 3.06. The van der Waals surface area contributed by atoms with Crippen molar-refractivity contribution in [3.05, 3.63) is 23.0 Å². The number of hydrogen-bond acceptors (Lipinski definition) is 5. The molecule has 1 atom stereocenters. The van der Waals surface area contributed by atoms with Gasteiger partial charge in [-0.25, -0.2) is 4.98 Å². The molecule has 4 N–H and O–H groups in total. The van der Waals surface area contributed by atoms with Gasteiger partial charge < -0.3 is 21.1 Å². The van der Waals surface area contributed by atoms with Crippen LogP contribution in [0.2, 0.25) is 5.15 Å². The van der Waals surface area contributed by atoms with E-state index in [9.17, 15) is 9.59 Å². The van der Waals surface area contributed by atoms with Gasteiger partial charge in [0, 0.05) is 6.54 Å². The molecule has 2 heterocycles. The predicted octanol–water partition coefficient (Wildman–Crippen LogP) is -0.356. The SMILES string of the molecule is NC(=O)C1COCCN1C(=O)c1cc(Cl)ncc1N. The highest BCUT2D eigenvalue weighted by atomic mass is 35.5. The lowest BCUT2D eigenvalue weighted by Crippen LogP contribution is -2.54. The molecule has 0 spiro atoms. The Morgan fingerprint density at radius 2 is 2.26 bits per heavy atom. The maximum absolute atomic E-state index is 12.4. The average Bonchev–Trinajstić information content (AvgIpc) is 2.40.